The Bertz CT molecular complexity index is 876. The van der Waals surface area contributed by atoms with Gasteiger partial charge in [0.15, 0.2) is 0 Å². The standard InChI is InChI=1S/C25H38F2N6O2/c26-23(27)11-15-33(13-2-1-5-21-9-8-19-4-3-12-30-24(19)32-21)14-10-22(29)25(34)35-31-17-20(16-28)18-6-7-18/h8-9,16-18,22-23H,1-7,10-15,28-29H2,(H,30,32)/b20-16+,31-17+. The molecule has 0 amide bonds. The summed E-state index contributed by atoms with van der Waals surface area (Å²) in [6.45, 7) is 2.30. The number of hydrogen-bond acceptors (Lipinski definition) is 8. The van der Waals surface area contributed by atoms with Gasteiger partial charge in [-0.15, -0.1) is 0 Å². The average molecular weight is 493 g/mol. The van der Waals surface area contributed by atoms with Crippen molar-refractivity contribution >= 4 is 18.0 Å². The minimum absolute atomic E-state index is 0.211. The van der Waals surface area contributed by atoms with E-state index in [0.29, 0.717) is 25.4 Å². The molecule has 5 N–H and O–H groups in total. The summed E-state index contributed by atoms with van der Waals surface area (Å²) in [5.41, 5.74) is 14.6. The SMILES string of the molecule is N/C=C(\C=N\OC(=O)C(N)CCN(CCCCc1ccc2c(n1)NCCC2)CCC(F)F)C1CC1. The van der Waals surface area contributed by atoms with Gasteiger partial charge in [0, 0.05) is 31.7 Å². The zero-order valence-corrected chi connectivity index (χ0v) is 20.3. The van der Waals surface area contributed by atoms with Gasteiger partial charge in [0.1, 0.15) is 11.9 Å². The second-order valence-electron chi connectivity index (χ2n) is 9.30. The van der Waals surface area contributed by atoms with Crippen LogP contribution in [0, 0.1) is 5.92 Å². The van der Waals surface area contributed by atoms with Gasteiger partial charge < -0.3 is 26.5 Å². The molecule has 0 radical (unpaired) electrons. The van der Waals surface area contributed by atoms with E-state index in [-0.39, 0.29) is 13.0 Å². The maximum absolute atomic E-state index is 12.8. The number of carbonyl (C=O) groups is 1. The lowest BCUT2D eigenvalue weighted by atomic mass is 10.1. The number of unbranched alkanes of at least 4 members (excludes halogenated alkanes) is 1. The number of pyridine rings is 1. The number of nitrogens with one attached hydrogen (secondary N) is 1. The first-order valence-corrected chi connectivity index (χ1v) is 12.6. The molecule has 3 rings (SSSR count). The van der Waals surface area contributed by atoms with Gasteiger partial charge in [-0.1, -0.05) is 11.2 Å². The molecule has 0 saturated heterocycles. The Morgan fingerprint density at radius 1 is 1.26 bits per heavy atom. The third-order valence-electron chi connectivity index (χ3n) is 6.42. The maximum atomic E-state index is 12.8. The average Bonchev–Trinajstić information content (AvgIpc) is 3.70. The van der Waals surface area contributed by atoms with Crippen molar-refractivity contribution in [3.63, 3.8) is 0 Å². The van der Waals surface area contributed by atoms with Crippen LogP contribution in [-0.2, 0) is 22.5 Å². The first-order valence-electron chi connectivity index (χ1n) is 12.6. The third-order valence-corrected chi connectivity index (χ3v) is 6.42. The number of allylic oxidation sites excluding steroid dienone is 1. The number of aromatic nitrogens is 1. The number of nitrogens with zero attached hydrogens (tertiary/aromatic N) is 3. The Labute approximate surface area is 206 Å². The predicted octanol–water partition coefficient (Wildman–Crippen LogP) is 3.22. The van der Waals surface area contributed by atoms with Gasteiger partial charge in [-0.2, -0.15) is 0 Å². The molecule has 1 unspecified atom stereocenters. The summed E-state index contributed by atoms with van der Waals surface area (Å²) < 4.78 is 25.6. The normalized spacial score (nSPS) is 17.0. The van der Waals surface area contributed by atoms with Gasteiger partial charge in [0.25, 0.3) is 0 Å². The number of halogens is 2. The van der Waals surface area contributed by atoms with E-state index < -0.39 is 18.4 Å². The topological polar surface area (TPSA) is 119 Å². The molecule has 2 aliphatic rings. The molecule has 2 heterocycles. The van der Waals surface area contributed by atoms with Crippen LogP contribution in [0.1, 0.15) is 56.2 Å². The van der Waals surface area contributed by atoms with Crippen LogP contribution >= 0.6 is 0 Å². The smallest absolute Gasteiger partial charge is 0.351 e. The van der Waals surface area contributed by atoms with E-state index in [1.54, 1.807) is 0 Å². The first kappa shape index (κ1) is 27.0. The van der Waals surface area contributed by atoms with E-state index in [0.717, 1.165) is 68.6 Å². The highest BCUT2D eigenvalue weighted by atomic mass is 19.3. The van der Waals surface area contributed by atoms with Gasteiger partial charge in [0.2, 0.25) is 6.43 Å². The molecule has 194 valence electrons. The van der Waals surface area contributed by atoms with Crippen LogP contribution in [0.4, 0.5) is 14.6 Å². The van der Waals surface area contributed by atoms with Crippen molar-refractivity contribution < 1.29 is 18.4 Å². The number of nitrogens with two attached hydrogens (primary N) is 2. The van der Waals surface area contributed by atoms with Crippen LogP contribution in [0.15, 0.2) is 29.1 Å². The van der Waals surface area contributed by atoms with Crippen LogP contribution < -0.4 is 16.8 Å². The van der Waals surface area contributed by atoms with E-state index in [1.807, 2.05) is 4.90 Å². The molecular formula is C25H38F2N6O2. The predicted molar refractivity (Wildman–Crippen MR) is 133 cm³/mol. The summed E-state index contributed by atoms with van der Waals surface area (Å²) in [6.07, 6.45) is 7.51. The molecule has 1 aliphatic heterocycles. The van der Waals surface area contributed by atoms with Gasteiger partial charge in [0.05, 0.1) is 6.21 Å². The Morgan fingerprint density at radius 2 is 2.06 bits per heavy atom. The van der Waals surface area contributed by atoms with Crippen molar-refractivity contribution in [3.8, 4) is 0 Å². The molecule has 1 saturated carbocycles. The van der Waals surface area contributed by atoms with Crippen LogP contribution in [0.5, 0.6) is 0 Å². The molecule has 35 heavy (non-hydrogen) atoms. The van der Waals surface area contributed by atoms with Crippen molar-refractivity contribution in [1.82, 2.24) is 9.88 Å². The van der Waals surface area contributed by atoms with Gasteiger partial charge in [-0.25, -0.2) is 18.6 Å². The molecule has 1 fully saturated rings. The molecule has 1 atom stereocenters. The Morgan fingerprint density at radius 3 is 2.80 bits per heavy atom. The van der Waals surface area contributed by atoms with E-state index in [9.17, 15) is 13.6 Å². The van der Waals surface area contributed by atoms with E-state index in [2.05, 4.69) is 22.6 Å². The minimum Gasteiger partial charge on any atom is -0.404 e. The summed E-state index contributed by atoms with van der Waals surface area (Å²) in [7, 11) is 0. The lowest BCUT2D eigenvalue weighted by Crippen LogP contribution is -2.37. The number of aryl methyl sites for hydroxylation is 2. The number of hydrogen-bond donors (Lipinski definition) is 3. The highest BCUT2D eigenvalue weighted by Crippen LogP contribution is 2.35. The van der Waals surface area contributed by atoms with Crippen LogP contribution in [-0.4, -0.2) is 60.7 Å². The van der Waals surface area contributed by atoms with Gasteiger partial charge in [-0.05, 0) is 87.2 Å². The molecular weight excluding hydrogens is 454 g/mol. The largest absolute Gasteiger partial charge is 0.404 e. The Balaban J connectivity index is 1.39. The number of oxime groups is 1. The summed E-state index contributed by atoms with van der Waals surface area (Å²) in [4.78, 5) is 23.7. The lowest BCUT2D eigenvalue weighted by Gasteiger charge is -2.23. The summed E-state index contributed by atoms with van der Waals surface area (Å²) in [5, 5.41) is 7.05. The number of anilines is 1. The molecule has 1 aliphatic carbocycles. The highest BCUT2D eigenvalue weighted by molar-refractivity contribution is 5.81. The van der Waals surface area contributed by atoms with Crippen LogP contribution in [0.25, 0.3) is 0 Å². The molecule has 0 spiro atoms. The molecule has 1 aromatic rings. The number of rotatable bonds is 15. The van der Waals surface area contributed by atoms with Gasteiger partial charge in [-0.3, -0.25) is 0 Å². The van der Waals surface area contributed by atoms with Crippen LogP contribution in [0.2, 0.25) is 0 Å². The van der Waals surface area contributed by atoms with E-state index in [4.69, 9.17) is 21.3 Å². The summed E-state index contributed by atoms with van der Waals surface area (Å²) in [5.74, 6) is 0.730. The summed E-state index contributed by atoms with van der Waals surface area (Å²) >= 11 is 0. The molecule has 10 heteroatoms. The van der Waals surface area contributed by atoms with Crippen LogP contribution in [0.3, 0.4) is 0 Å². The Kier molecular flexibility index (Phi) is 10.9. The van der Waals surface area contributed by atoms with Crippen molar-refractivity contribution in [2.75, 3.05) is 31.5 Å². The second kappa shape index (κ2) is 14.1. The number of alkyl halides is 2. The van der Waals surface area contributed by atoms with Gasteiger partial charge >= 0.3 is 5.97 Å². The van der Waals surface area contributed by atoms with Crippen molar-refractivity contribution in [2.45, 2.75) is 70.3 Å². The lowest BCUT2D eigenvalue weighted by molar-refractivity contribution is -0.145. The highest BCUT2D eigenvalue weighted by Gasteiger charge is 2.25. The first-order chi connectivity index (χ1) is 17.0. The molecule has 1 aromatic heterocycles. The fraction of sp³-hybridized carbons (Fsp3) is 0.640. The quantitative estimate of drug-likeness (QED) is 0.149. The fourth-order valence-electron chi connectivity index (χ4n) is 4.11. The minimum atomic E-state index is -2.37. The number of fused-ring (bicyclic) bond motifs is 1. The molecule has 0 aromatic carbocycles. The zero-order chi connectivity index (χ0) is 25.0. The third kappa shape index (κ3) is 9.52. The van der Waals surface area contributed by atoms with Crippen molar-refractivity contribution in [1.29, 1.82) is 0 Å². The monoisotopic (exact) mass is 492 g/mol. The van der Waals surface area contributed by atoms with Crippen molar-refractivity contribution in [2.24, 2.45) is 22.5 Å². The second-order valence-corrected chi connectivity index (χ2v) is 9.30. The molecule has 0 bridgehead atoms. The Hall–Kier alpha value is -2.59. The number of carbonyl (C=O) groups excluding carboxylic acids is 1. The maximum Gasteiger partial charge on any atom is 0.351 e. The van der Waals surface area contributed by atoms with Crippen molar-refractivity contribution in [3.05, 3.63) is 35.2 Å². The zero-order valence-electron chi connectivity index (χ0n) is 20.3. The van der Waals surface area contributed by atoms with E-state index >= 15 is 0 Å². The molecule has 8 nitrogen and oxygen atoms in total. The fourth-order valence-corrected chi connectivity index (χ4v) is 4.11. The summed E-state index contributed by atoms with van der Waals surface area (Å²) in [6, 6.07) is 3.34. The van der Waals surface area contributed by atoms with E-state index in [1.165, 1.54) is 18.0 Å².